The summed E-state index contributed by atoms with van der Waals surface area (Å²) in [5.74, 6) is -0.442. The van der Waals surface area contributed by atoms with Gasteiger partial charge in [-0.2, -0.15) is 0 Å². The molecule has 0 aliphatic heterocycles. The Labute approximate surface area is 114 Å². The van der Waals surface area contributed by atoms with Crippen LogP contribution in [-0.4, -0.2) is 18.0 Å². The van der Waals surface area contributed by atoms with Crippen LogP contribution in [0.15, 0.2) is 18.2 Å². The zero-order chi connectivity index (χ0) is 14.4. The van der Waals surface area contributed by atoms with Crippen molar-refractivity contribution in [2.45, 2.75) is 52.6 Å². The third-order valence-electron chi connectivity index (χ3n) is 3.22. The molecule has 1 rings (SSSR count). The third-order valence-corrected chi connectivity index (χ3v) is 3.22. The molecule has 0 aromatic heterocycles. The first kappa shape index (κ1) is 15.5. The molecule has 3 nitrogen and oxygen atoms in total. The summed E-state index contributed by atoms with van der Waals surface area (Å²) in [5, 5.41) is 5.86. The largest absolute Gasteiger partial charge is 0.372 e. The highest BCUT2D eigenvalue weighted by Gasteiger charge is 2.16. The predicted octanol–water partition coefficient (Wildman–Crippen LogP) is 3.24. The lowest BCUT2D eigenvalue weighted by Crippen LogP contribution is -2.42. The molecule has 0 spiro atoms. The van der Waals surface area contributed by atoms with Crippen LogP contribution in [0.2, 0.25) is 0 Å². The van der Waals surface area contributed by atoms with E-state index < -0.39 is 6.04 Å². The summed E-state index contributed by atoms with van der Waals surface area (Å²) >= 11 is 0. The fourth-order valence-corrected chi connectivity index (χ4v) is 1.87. The van der Waals surface area contributed by atoms with Gasteiger partial charge in [-0.15, -0.1) is 0 Å². The Morgan fingerprint density at radius 3 is 2.53 bits per heavy atom. The molecule has 2 N–H and O–H groups in total. The van der Waals surface area contributed by atoms with Crippen molar-refractivity contribution in [2.24, 2.45) is 0 Å². The number of hydrogen-bond donors (Lipinski definition) is 2. The van der Waals surface area contributed by atoms with E-state index in [2.05, 4.69) is 10.6 Å². The van der Waals surface area contributed by atoms with Crippen LogP contribution in [0.3, 0.4) is 0 Å². The second kappa shape index (κ2) is 7.12. The number of anilines is 1. The first-order valence-corrected chi connectivity index (χ1v) is 6.81. The minimum Gasteiger partial charge on any atom is -0.372 e. The number of benzene rings is 1. The molecule has 1 unspecified atom stereocenters. The topological polar surface area (TPSA) is 41.1 Å². The summed E-state index contributed by atoms with van der Waals surface area (Å²) < 4.78 is 13.6. The van der Waals surface area contributed by atoms with Crippen LogP contribution < -0.4 is 10.6 Å². The number of halogens is 1. The standard InChI is InChI=1S/C15H23FN2O/c1-5-12(6-2)18-15(19)11(4)17-14-9-10(3)7-8-13(14)16/h7-9,11-12,17H,5-6H2,1-4H3,(H,18,19). The smallest absolute Gasteiger partial charge is 0.242 e. The first-order chi connectivity index (χ1) is 8.97. The van der Waals surface area contributed by atoms with Gasteiger partial charge in [0.2, 0.25) is 5.91 Å². The van der Waals surface area contributed by atoms with Gasteiger partial charge in [-0.1, -0.05) is 19.9 Å². The Balaban J connectivity index is 2.65. The van der Waals surface area contributed by atoms with Crippen molar-refractivity contribution in [3.63, 3.8) is 0 Å². The number of rotatable bonds is 6. The van der Waals surface area contributed by atoms with Crippen LogP contribution in [0.1, 0.15) is 39.2 Å². The quantitative estimate of drug-likeness (QED) is 0.830. The molecule has 0 saturated heterocycles. The van der Waals surface area contributed by atoms with Gasteiger partial charge in [-0.3, -0.25) is 4.79 Å². The molecule has 0 fully saturated rings. The lowest BCUT2D eigenvalue weighted by atomic mass is 10.1. The molecule has 1 amide bonds. The molecular formula is C15H23FN2O. The van der Waals surface area contributed by atoms with Crippen molar-refractivity contribution in [3.8, 4) is 0 Å². The van der Waals surface area contributed by atoms with Gasteiger partial charge in [0.25, 0.3) is 0 Å². The number of aryl methyl sites for hydroxylation is 1. The molecule has 1 aromatic rings. The average molecular weight is 266 g/mol. The Hall–Kier alpha value is -1.58. The molecule has 0 heterocycles. The van der Waals surface area contributed by atoms with Crippen LogP contribution in [0.5, 0.6) is 0 Å². The highest BCUT2D eigenvalue weighted by Crippen LogP contribution is 2.16. The van der Waals surface area contributed by atoms with Crippen molar-refractivity contribution in [3.05, 3.63) is 29.6 Å². The molecule has 0 saturated carbocycles. The van der Waals surface area contributed by atoms with E-state index in [9.17, 15) is 9.18 Å². The van der Waals surface area contributed by atoms with Gasteiger partial charge < -0.3 is 10.6 Å². The number of carbonyl (C=O) groups is 1. The number of carbonyl (C=O) groups excluding carboxylic acids is 1. The number of hydrogen-bond acceptors (Lipinski definition) is 2. The number of nitrogens with one attached hydrogen (secondary N) is 2. The van der Waals surface area contributed by atoms with E-state index in [-0.39, 0.29) is 17.8 Å². The van der Waals surface area contributed by atoms with Gasteiger partial charge in [0.1, 0.15) is 11.9 Å². The lowest BCUT2D eigenvalue weighted by Gasteiger charge is -2.20. The predicted molar refractivity (Wildman–Crippen MR) is 76.7 cm³/mol. The molecule has 4 heteroatoms. The molecule has 0 aliphatic rings. The molecule has 19 heavy (non-hydrogen) atoms. The Kier molecular flexibility index (Phi) is 5.80. The number of amides is 1. The summed E-state index contributed by atoms with van der Waals surface area (Å²) in [7, 11) is 0. The first-order valence-electron chi connectivity index (χ1n) is 6.81. The minimum absolute atomic E-state index is 0.102. The van der Waals surface area contributed by atoms with Crippen molar-refractivity contribution >= 4 is 11.6 Å². The summed E-state index contributed by atoms with van der Waals surface area (Å²) in [6.45, 7) is 7.69. The second-order valence-corrected chi connectivity index (χ2v) is 4.87. The molecule has 1 atom stereocenters. The van der Waals surface area contributed by atoms with E-state index >= 15 is 0 Å². The van der Waals surface area contributed by atoms with E-state index in [0.29, 0.717) is 5.69 Å². The Morgan fingerprint density at radius 1 is 1.32 bits per heavy atom. The van der Waals surface area contributed by atoms with E-state index in [1.165, 1.54) is 6.07 Å². The highest BCUT2D eigenvalue weighted by atomic mass is 19.1. The van der Waals surface area contributed by atoms with Crippen LogP contribution in [0.25, 0.3) is 0 Å². The van der Waals surface area contributed by atoms with E-state index in [1.807, 2.05) is 20.8 Å². The van der Waals surface area contributed by atoms with Gasteiger partial charge >= 0.3 is 0 Å². The van der Waals surface area contributed by atoms with Crippen LogP contribution in [0.4, 0.5) is 10.1 Å². The normalized spacial score (nSPS) is 12.3. The van der Waals surface area contributed by atoms with Crippen molar-refractivity contribution in [1.82, 2.24) is 5.32 Å². The maximum Gasteiger partial charge on any atom is 0.242 e. The lowest BCUT2D eigenvalue weighted by molar-refractivity contribution is -0.122. The van der Waals surface area contributed by atoms with Gasteiger partial charge in [-0.25, -0.2) is 4.39 Å². The van der Waals surface area contributed by atoms with Crippen molar-refractivity contribution in [2.75, 3.05) is 5.32 Å². The maximum absolute atomic E-state index is 13.6. The zero-order valence-corrected chi connectivity index (χ0v) is 12.1. The zero-order valence-electron chi connectivity index (χ0n) is 12.1. The molecule has 1 aromatic carbocycles. The summed E-state index contributed by atoms with van der Waals surface area (Å²) in [6, 6.07) is 4.53. The van der Waals surface area contributed by atoms with Crippen LogP contribution >= 0.6 is 0 Å². The molecular weight excluding hydrogens is 243 g/mol. The van der Waals surface area contributed by atoms with Gasteiger partial charge in [-0.05, 0) is 44.4 Å². The van der Waals surface area contributed by atoms with Crippen LogP contribution in [-0.2, 0) is 4.79 Å². The van der Waals surface area contributed by atoms with Crippen molar-refractivity contribution in [1.29, 1.82) is 0 Å². The monoisotopic (exact) mass is 266 g/mol. The maximum atomic E-state index is 13.6. The van der Waals surface area contributed by atoms with E-state index in [0.717, 1.165) is 18.4 Å². The van der Waals surface area contributed by atoms with Crippen LogP contribution in [0, 0.1) is 12.7 Å². The van der Waals surface area contributed by atoms with Gasteiger partial charge in [0.05, 0.1) is 5.69 Å². The minimum atomic E-state index is -0.461. The molecule has 0 aliphatic carbocycles. The fourth-order valence-electron chi connectivity index (χ4n) is 1.87. The highest BCUT2D eigenvalue weighted by molar-refractivity contribution is 5.84. The fraction of sp³-hybridized carbons (Fsp3) is 0.533. The van der Waals surface area contributed by atoms with Gasteiger partial charge in [0, 0.05) is 6.04 Å². The van der Waals surface area contributed by atoms with E-state index in [1.54, 1.807) is 19.1 Å². The Bertz CT molecular complexity index is 430. The van der Waals surface area contributed by atoms with E-state index in [4.69, 9.17) is 0 Å². The second-order valence-electron chi connectivity index (χ2n) is 4.87. The molecule has 106 valence electrons. The summed E-state index contributed by atoms with van der Waals surface area (Å²) in [5.41, 5.74) is 1.32. The van der Waals surface area contributed by atoms with Crippen molar-refractivity contribution < 1.29 is 9.18 Å². The molecule has 0 bridgehead atoms. The summed E-state index contributed by atoms with van der Waals surface area (Å²) in [6.07, 6.45) is 1.79. The van der Waals surface area contributed by atoms with Gasteiger partial charge in [0.15, 0.2) is 0 Å². The third kappa shape index (κ3) is 4.54. The average Bonchev–Trinajstić information content (AvgIpc) is 2.39. The SMILES string of the molecule is CCC(CC)NC(=O)C(C)Nc1cc(C)ccc1F. The Morgan fingerprint density at radius 2 is 1.95 bits per heavy atom. The molecule has 0 radical (unpaired) electrons. The summed E-state index contributed by atoms with van der Waals surface area (Å²) in [4.78, 5) is 12.0.